The normalized spacial score (nSPS) is 10.7. The van der Waals surface area contributed by atoms with E-state index in [0.717, 1.165) is 5.56 Å². The highest BCUT2D eigenvalue weighted by Crippen LogP contribution is 2.22. The molecule has 2 aromatic carbocycles. The second-order valence-electron chi connectivity index (χ2n) is 6.85. The van der Waals surface area contributed by atoms with Crippen molar-refractivity contribution in [2.24, 2.45) is 0 Å². The highest BCUT2D eigenvalue weighted by molar-refractivity contribution is 5.92. The third kappa shape index (κ3) is 4.84. The Labute approximate surface area is 176 Å². The molecule has 9 heteroatoms. The monoisotopic (exact) mass is 418 g/mol. The fraction of sp³-hybridized carbons (Fsp3) is 0.136. The first-order valence-electron chi connectivity index (χ1n) is 9.43. The second-order valence-corrected chi connectivity index (χ2v) is 6.85. The standard InChI is InChI=1S/C22H18N4O5/c1-14(27)23-17-7-8-18-16(9-21(28)31-20(18)10-17)13-30-22(29)19-12-26(25-24-19)11-15-5-3-2-4-6-15/h2-10,12H,11,13H2,1H3,(H,23,27). The molecule has 9 nitrogen and oxygen atoms in total. The molecular weight excluding hydrogens is 400 g/mol. The van der Waals surface area contributed by atoms with Crippen LogP contribution in [0.3, 0.4) is 0 Å². The molecule has 31 heavy (non-hydrogen) atoms. The van der Waals surface area contributed by atoms with E-state index in [-0.39, 0.29) is 23.8 Å². The summed E-state index contributed by atoms with van der Waals surface area (Å²) in [7, 11) is 0. The minimum absolute atomic E-state index is 0.0659. The number of benzene rings is 2. The van der Waals surface area contributed by atoms with Crippen molar-refractivity contribution in [1.29, 1.82) is 0 Å². The molecule has 0 aliphatic carbocycles. The lowest BCUT2D eigenvalue weighted by atomic mass is 10.1. The summed E-state index contributed by atoms with van der Waals surface area (Å²) in [5, 5.41) is 11.0. The van der Waals surface area contributed by atoms with E-state index < -0.39 is 11.6 Å². The maximum absolute atomic E-state index is 12.4. The number of hydrogen-bond donors (Lipinski definition) is 1. The molecule has 2 heterocycles. The van der Waals surface area contributed by atoms with Gasteiger partial charge in [-0.15, -0.1) is 5.10 Å². The number of ether oxygens (including phenoxy) is 1. The number of aromatic nitrogens is 3. The van der Waals surface area contributed by atoms with Crippen LogP contribution in [0.25, 0.3) is 11.0 Å². The number of anilines is 1. The van der Waals surface area contributed by atoms with Gasteiger partial charge in [-0.3, -0.25) is 4.79 Å². The molecule has 0 atom stereocenters. The van der Waals surface area contributed by atoms with Crippen LogP contribution >= 0.6 is 0 Å². The van der Waals surface area contributed by atoms with Gasteiger partial charge in [0.05, 0.1) is 12.7 Å². The first-order chi connectivity index (χ1) is 15.0. The van der Waals surface area contributed by atoms with Gasteiger partial charge in [0.25, 0.3) is 0 Å². The van der Waals surface area contributed by atoms with Crippen molar-refractivity contribution >= 4 is 28.5 Å². The minimum atomic E-state index is -0.657. The Bertz CT molecular complexity index is 1310. The highest BCUT2D eigenvalue weighted by Gasteiger charge is 2.15. The van der Waals surface area contributed by atoms with E-state index in [0.29, 0.717) is 23.2 Å². The van der Waals surface area contributed by atoms with Gasteiger partial charge in [-0.05, 0) is 17.7 Å². The van der Waals surface area contributed by atoms with E-state index in [1.54, 1.807) is 22.9 Å². The molecule has 0 bridgehead atoms. The predicted octanol–water partition coefficient (Wildman–Crippen LogP) is 2.75. The topological polar surface area (TPSA) is 116 Å². The molecule has 0 aliphatic rings. The van der Waals surface area contributed by atoms with Gasteiger partial charge >= 0.3 is 11.6 Å². The lowest BCUT2D eigenvalue weighted by Gasteiger charge is -2.08. The number of amides is 1. The summed E-state index contributed by atoms with van der Waals surface area (Å²) < 4.78 is 12.1. The summed E-state index contributed by atoms with van der Waals surface area (Å²) in [5.41, 5.74) is 1.74. The van der Waals surface area contributed by atoms with Crippen LogP contribution in [0.2, 0.25) is 0 Å². The molecule has 4 aromatic rings. The van der Waals surface area contributed by atoms with Crippen molar-refractivity contribution in [3.8, 4) is 0 Å². The number of carbonyl (C=O) groups is 2. The minimum Gasteiger partial charge on any atom is -0.456 e. The van der Waals surface area contributed by atoms with Gasteiger partial charge in [0.2, 0.25) is 5.91 Å². The SMILES string of the molecule is CC(=O)Nc1ccc2c(COC(=O)c3cn(Cc4ccccc4)nn3)cc(=O)oc2c1. The summed E-state index contributed by atoms with van der Waals surface area (Å²) in [5.74, 6) is -0.900. The maximum Gasteiger partial charge on any atom is 0.360 e. The predicted molar refractivity (Wildman–Crippen MR) is 111 cm³/mol. The zero-order valence-corrected chi connectivity index (χ0v) is 16.6. The Morgan fingerprint density at radius 3 is 2.71 bits per heavy atom. The summed E-state index contributed by atoms with van der Waals surface area (Å²) in [4.78, 5) is 35.5. The fourth-order valence-corrected chi connectivity index (χ4v) is 3.09. The third-order valence-corrected chi connectivity index (χ3v) is 4.44. The van der Waals surface area contributed by atoms with Crippen molar-refractivity contribution in [1.82, 2.24) is 15.0 Å². The third-order valence-electron chi connectivity index (χ3n) is 4.44. The average Bonchev–Trinajstić information content (AvgIpc) is 3.20. The van der Waals surface area contributed by atoms with Gasteiger partial charge < -0.3 is 14.5 Å². The molecule has 1 amide bonds. The molecule has 0 saturated carbocycles. The van der Waals surface area contributed by atoms with Gasteiger partial charge in [0.1, 0.15) is 12.2 Å². The molecule has 1 N–H and O–H groups in total. The van der Waals surface area contributed by atoms with E-state index in [2.05, 4.69) is 15.6 Å². The van der Waals surface area contributed by atoms with Crippen LogP contribution < -0.4 is 10.9 Å². The number of hydrogen-bond acceptors (Lipinski definition) is 7. The zero-order chi connectivity index (χ0) is 21.8. The summed E-state index contributed by atoms with van der Waals surface area (Å²) in [6.45, 7) is 1.71. The molecule has 0 fully saturated rings. The van der Waals surface area contributed by atoms with Gasteiger partial charge in [0, 0.05) is 35.7 Å². The van der Waals surface area contributed by atoms with Crippen LogP contribution in [-0.4, -0.2) is 26.9 Å². The molecular formula is C22H18N4O5. The first kappa shape index (κ1) is 20.0. The lowest BCUT2D eigenvalue weighted by Crippen LogP contribution is -2.09. The molecule has 0 aliphatic heterocycles. The lowest BCUT2D eigenvalue weighted by molar-refractivity contribution is -0.114. The number of nitrogens with one attached hydrogen (secondary N) is 1. The largest absolute Gasteiger partial charge is 0.456 e. The van der Waals surface area contributed by atoms with Crippen molar-refractivity contribution in [3.63, 3.8) is 0 Å². The summed E-state index contributed by atoms with van der Waals surface area (Å²) in [6.07, 6.45) is 1.51. The van der Waals surface area contributed by atoms with Crippen LogP contribution in [0.4, 0.5) is 5.69 Å². The Balaban J connectivity index is 1.48. The van der Waals surface area contributed by atoms with Crippen LogP contribution in [0, 0.1) is 0 Å². The van der Waals surface area contributed by atoms with Crippen molar-refractivity contribution in [2.45, 2.75) is 20.1 Å². The molecule has 0 unspecified atom stereocenters. The Morgan fingerprint density at radius 1 is 1.13 bits per heavy atom. The van der Waals surface area contributed by atoms with Crippen LogP contribution in [0.5, 0.6) is 0 Å². The van der Waals surface area contributed by atoms with Crippen molar-refractivity contribution < 1.29 is 18.7 Å². The molecule has 0 saturated heterocycles. The summed E-state index contributed by atoms with van der Waals surface area (Å²) >= 11 is 0. The number of esters is 1. The number of carbonyl (C=O) groups excluding carboxylic acids is 2. The number of nitrogens with zero attached hydrogens (tertiary/aromatic N) is 3. The van der Waals surface area contributed by atoms with Gasteiger partial charge in [-0.1, -0.05) is 35.5 Å². The van der Waals surface area contributed by atoms with E-state index in [1.165, 1.54) is 19.2 Å². The van der Waals surface area contributed by atoms with E-state index >= 15 is 0 Å². The average molecular weight is 418 g/mol. The van der Waals surface area contributed by atoms with Gasteiger partial charge in [-0.2, -0.15) is 0 Å². The van der Waals surface area contributed by atoms with Crippen molar-refractivity contribution in [2.75, 3.05) is 5.32 Å². The quantitative estimate of drug-likeness (QED) is 0.378. The van der Waals surface area contributed by atoms with E-state index in [9.17, 15) is 14.4 Å². The Hall–Kier alpha value is -4.27. The molecule has 0 spiro atoms. The number of rotatable bonds is 6. The summed E-state index contributed by atoms with van der Waals surface area (Å²) in [6, 6.07) is 15.8. The second kappa shape index (κ2) is 8.62. The van der Waals surface area contributed by atoms with Crippen LogP contribution in [0.15, 0.2) is 70.0 Å². The molecule has 2 aromatic heterocycles. The Morgan fingerprint density at radius 2 is 1.94 bits per heavy atom. The van der Waals surface area contributed by atoms with Crippen LogP contribution in [0.1, 0.15) is 28.5 Å². The maximum atomic E-state index is 12.4. The molecule has 156 valence electrons. The fourth-order valence-electron chi connectivity index (χ4n) is 3.09. The molecule has 0 radical (unpaired) electrons. The Kier molecular flexibility index (Phi) is 5.57. The highest BCUT2D eigenvalue weighted by atomic mass is 16.5. The van der Waals surface area contributed by atoms with Gasteiger partial charge in [0.15, 0.2) is 5.69 Å². The van der Waals surface area contributed by atoms with Gasteiger partial charge in [-0.25, -0.2) is 14.3 Å². The van der Waals surface area contributed by atoms with E-state index in [4.69, 9.17) is 9.15 Å². The molecule has 4 rings (SSSR count). The number of fused-ring (bicyclic) bond motifs is 1. The van der Waals surface area contributed by atoms with Crippen molar-refractivity contribution in [3.05, 3.63) is 88.0 Å². The first-order valence-corrected chi connectivity index (χ1v) is 9.43. The smallest absolute Gasteiger partial charge is 0.360 e. The zero-order valence-electron chi connectivity index (χ0n) is 16.6. The van der Waals surface area contributed by atoms with Crippen LogP contribution in [-0.2, 0) is 22.7 Å². The van der Waals surface area contributed by atoms with E-state index in [1.807, 2.05) is 30.3 Å².